The molecule has 4 heteroatoms. The molecular weight excluding hydrogens is 301 g/mol. The van der Waals surface area contributed by atoms with Crippen LogP contribution >= 0.6 is 0 Å². The normalized spacial score (nSPS) is 17.1. The minimum absolute atomic E-state index is 0.247. The topological polar surface area (TPSA) is 41.6 Å². The summed E-state index contributed by atoms with van der Waals surface area (Å²) in [6, 6.07) is 17.3. The van der Waals surface area contributed by atoms with E-state index in [2.05, 4.69) is 34.3 Å². The Labute approximate surface area is 143 Å². The van der Waals surface area contributed by atoms with Crippen molar-refractivity contribution in [2.24, 2.45) is 16.9 Å². The third kappa shape index (κ3) is 4.20. The number of hydrogen-bond donors (Lipinski definition) is 1. The maximum Gasteiger partial charge on any atom is 0.132 e. The third-order valence-corrected chi connectivity index (χ3v) is 4.78. The quantitative estimate of drug-likeness (QED) is 0.516. The van der Waals surface area contributed by atoms with Gasteiger partial charge in [-0.25, -0.2) is 4.39 Å². The Bertz CT molecular complexity index is 676. The molecule has 0 saturated carbocycles. The molecule has 0 unspecified atom stereocenters. The summed E-state index contributed by atoms with van der Waals surface area (Å²) in [5, 5.41) is 3.86. The highest BCUT2D eigenvalue weighted by Crippen LogP contribution is 2.24. The van der Waals surface area contributed by atoms with Crippen molar-refractivity contribution in [1.82, 2.24) is 4.90 Å². The van der Waals surface area contributed by atoms with E-state index in [1.54, 1.807) is 12.1 Å². The maximum atomic E-state index is 13.9. The molecule has 3 rings (SSSR count). The second-order valence-corrected chi connectivity index (χ2v) is 6.46. The van der Waals surface area contributed by atoms with Crippen molar-refractivity contribution in [3.8, 4) is 0 Å². The molecule has 126 valence electrons. The van der Waals surface area contributed by atoms with Crippen LogP contribution < -0.4 is 5.84 Å². The minimum atomic E-state index is -0.247. The zero-order valence-electron chi connectivity index (χ0n) is 13.9. The van der Waals surface area contributed by atoms with Gasteiger partial charge in [-0.05, 0) is 49.9 Å². The fourth-order valence-electron chi connectivity index (χ4n) is 3.39. The molecule has 2 N–H and O–H groups in total. The lowest BCUT2D eigenvalue weighted by Gasteiger charge is -2.32. The van der Waals surface area contributed by atoms with E-state index in [9.17, 15) is 4.39 Å². The van der Waals surface area contributed by atoms with Gasteiger partial charge >= 0.3 is 0 Å². The average Bonchev–Trinajstić information content (AvgIpc) is 2.63. The first kappa shape index (κ1) is 16.7. The van der Waals surface area contributed by atoms with Gasteiger partial charge in [-0.2, -0.15) is 5.10 Å². The van der Waals surface area contributed by atoms with Gasteiger partial charge in [-0.1, -0.05) is 48.5 Å². The van der Waals surface area contributed by atoms with Crippen molar-refractivity contribution in [3.63, 3.8) is 0 Å². The summed E-state index contributed by atoms with van der Waals surface area (Å²) in [5.74, 6) is 5.80. The summed E-state index contributed by atoms with van der Waals surface area (Å²) in [4.78, 5) is 2.48. The highest BCUT2D eigenvalue weighted by Gasteiger charge is 2.22. The predicted molar refractivity (Wildman–Crippen MR) is 96.2 cm³/mol. The van der Waals surface area contributed by atoms with Gasteiger partial charge in [-0.15, -0.1) is 0 Å². The number of halogens is 1. The van der Waals surface area contributed by atoms with Gasteiger partial charge < -0.3 is 5.84 Å². The Morgan fingerprint density at radius 1 is 1.04 bits per heavy atom. The molecule has 0 bridgehead atoms. The number of likely N-dealkylation sites (tertiary alicyclic amines) is 1. The van der Waals surface area contributed by atoms with Crippen LogP contribution in [0, 0.1) is 11.7 Å². The molecule has 1 aliphatic rings. The molecule has 0 aliphatic carbocycles. The van der Waals surface area contributed by atoms with E-state index in [4.69, 9.17) is 5.84 Å². The van der Waals surface area contributed by atoms with E-state index in [1.165, 1.54) is 11.6 Å². The van der Waals surface area contributed by atoms with E-state index < -0.39 is 0 Å². The van der Waals surface area contributed by atoms with E-state index in [1.807, 2.05) is 12.1 Å². The van der Waals surface area contributed by atoms with E-state index in [0.29, 0.717) is 17.2 Å². The lowest BCUT2D eigenvalue weighted by molar-refractivity contribution is 0.180. The highest BCUT2D eigenvalue weighted by atomic mass is 19.1. The molecule has 1 heterocycles. The van der Waals surface area contributed by atoms with Gasteiger partial charge in [-0.3, -0.25) is 4.90 Å². The fraction of sp³-hybridized carbons (Fsp3) is 0.350. The van der Waals surface area contributed by atoms with Crippen LogP contribution in [0.3, 0.4) is 0 Å². The van der Waals surface area contributed by atoms with Crippen molar-refractivity contribution in [2.75, 3.05) is 13.1 Å². The Balaban J connectivity index is 1.54. The van der Waals surface area contributed by atoms with Crippen LogP contribution in [0.25, 0.3) is 0 Å². The first-order chi connectivity index (χ1) is 11.8. The van der Waals surface area contributed by atoms with Gasteiger partial charge in [0.2, 0.25) is 0 Å². The molecule has 0 spiro atoms. The standard InChI is InChI=1S/C20H24FN3/c21-19-9-5-4-8-18(19)20(23-22)14-16-10-12-24(13-11-16)15-17-6-2-1-3-7-17/h1-9,16H,10-15,22H2/b23-20-. The number of piperidine rings is 1. The molecule has 0 amide bonds. The van der Waals surface area contributed by atoms with Crippen molar-refractivity contribution in [1.29, 1.82) is 0 Å². The van der Waals surface area contributed by atoms with Gasteiger partial charge in [0.1, 0.15) is 5.82 Å². The number of hydrazone groups is 1. The SMILES string of the molecule is N/N=C(/CC1CCN(Cc2ccccc2)CC1)c1ccccc1F. The zero-order chi connectivity index (χ0) is 16.8. The molecule has 1 aliphatic heterocycles. The van der Waals surface area contributed by atoms with Crippen molar-refractivity contribution in [3.05, 3.63) is 71.5 Å². The molecule has 2 aromatic rings. The number of nitrogens with zero attached hydrogens (tertiary/aromatic N) is 2. The first-order valence-corrected chi connectivity index (χ1v) is 8.54. The fourth-order valence-corrected chi connectivity index (χ4v) is 3.39. The van der Waals surface area contributed by atoms with Gasteiger partial charge in [0.25, 0.3) is 0 Å². The van der Waals surface area contributed by atoms with E-state index in [-0.39, 0.29) is 5.82 Å². The Morgan fingerprint density at radius 3 is 2.38 bits per heavy atom. The molecule has 0 radical (unpaired) electrons. The van der Waals surface area contributed by atoms with Crippen LogP contribution in [0.1, 0.15) is 30.4 Å². The average molecular weight is 325 g/mol. The Morgan fingerprint density at radius 2 is 1.71 bits per heavy atom. The summed E-state index contributed by atoms with van der Waals surface area (Å²) in [6.45, 7) is 3.13. The molecule has 24 heavy (non-hydrogen) atoms. The highest BCUT2D eigenvalue weighted by molar-refractivity contribution is 6.00. The van der Waals surface area contributed by atoms with Crippen molar-refractivity contribution < 1.29 is 4.39 Å². The van der Waals surface area contributed by atoms with E-state index >= 15 is 0 Å². The number of benzene rings is 2. The van der Waals surface area contributed by atoms with E-state index in [0.717, 1.165) is 38.9 Å². The number of rotatable bonds is 5. The third-order valence-electron chi connectivity index (χ3n) is 4.78. The maximum absolute atomic E-state index is 13.9. The van der Waals surface area contributed by atoms with Crippen LogP contribution in [0.4, 0.5) is 4.39 Å². The lowest BCUT2D eigenvalue weighted by Crippen LogP contribution is -2.34. The molecule has 0 atom stereocenters. The predicted octanol–water partition coefficient (Wildman–Crippen LogP) is 3.79. The van der Waals surface area contributed by atoms with Gasteiger partial charge in [0, 0.05) is 12.1 Å². The van der Waals surface area contributed by atoms with Crippen molar-refractivity contribution in [2.45, 2.75) is 25.8 Å². The second kappa shape index (κ2) is 8.06. The molecule has 1 saturated heterocycles. The number of nitrogens with two attached hydrogens (primary N) is 1. The van der Waals surface area contributed by atoms with Crippen LogP contribution in [0.2, 0.25) is 0 Å². The smallest absolute Gasteiger partial charge is 0.132 e. The Kier molecular flexibility index (Phi) is 5.59. The Hall–Kier alpha value is -2.20. The van der Waals surface area contributed by atoms with Crippen LogP contribution in [-0.2, 0) is 6.54 Å². The van der Waals surface area contributed by atoms with Crippen LogP contribution in [-0.4, -0.2) is 23.7 Å². The zero-order valence-corrected chi connectivity index (χ0v) is 13.9. The second-order valence-electron chi connectivity index (χ2n) is 6.46. The van der Waals surface area contributed by atoms with Crippen molar-refractivity contribution >= 4 is 5.71 Å². The summed E-state index contributed by atoms with van der Waals surface area (Å²) < 4.78 is 13.9. The molecule has 0 aromatic heterocycles. The molecule has 3 nitrogen and oxygen atoms in total. The summed E-state index contributed by atoms with van der Waals surface area (Å²) in [5.41, 5.74) is 2.56. The molecular formula is C20H24FN3. The van der Waals surface area contributed by atoms with Crippen LogP contribution in [0.5, 0.6) is 0 Å². The number of hydrogen-bond acceptors (Lipinski definition) is 3. The summed E-state index contributed by atoms with van der Waals surface area (Å²) in [7, 11) is 0. The van der Waals surface area contributed by atoms with Crippen LogP contribution in [0.15, 0.2) is 59.7 Å². The van der Waals surface area contributed by atoms with Gasteiger partial charge in [0.15, 0.2) is 0 Å². The summed E-state index contributed by atoms with van der Waals surface area (Å²) in [6.07, 6.45) is 2.94. The monoisotopic (exact) mass is 325 g/mol. The first-order valence-electron chi connectivity index (χ1n) is 8.54. The van der Waals surface area contributed by atoms with Gasteiger partial charge in [0.05, 0.1) is 5.71 Å². The largest absolute Gasteiger partial charge is 0.323 e. The summed E-state index contributed by atoms with van der Waals surface area (Å²) >= 11 is 0. The lowest BCUT2D eigenvalue weighted by atomic mass is 9.89. The molecule has 1 fully saturated rings. The minimum Gasteiger partial charge on any atom is -0.323 e. The molecule has 2 aromatic carbocycles.